The van der Waals surface area contributed by atoms with Crippen molar-refractivity contribution in [2.45, 2.75) is 25.3 Å². The maximum atomic E-state index is 9.48. The van der Waals surface area contributed by atoms with Crippen LogP contribution in [-0.2, 0) is 11.0 Å². The smallest absolute Gasteiger partial charge is 0.298 e. The Labute approximate surface area is 109 Å². The van der Waals surface area contributed by atoms with Crippen molar-refractivity contribution in [1.82, 2.24) is 0 Å². The average molecular weight is 247 g/mol. The molecule has 0 unspecified atom stereocenters. The lowest BCUT2D eigenvalue weighted by Gasteiger charge is -2.31. The molecule has 0 atom stereocenters. The van der Waals surface area contributed by atoms with Gasteiger partial charge in [0.05, 0.1) is 12.8 Å². The van der Waals surface area contributed by atoms with Crippen molar-refractivity contribution in [3.05, 3.63) is 29.8 Å². The third-order valence-corrected chi connectivity index (χ3v) is 3.30. The quantitative estimate of drug-likeness (QED) is 0.457. The van der Waals surface area contributed by atoms with Gasteiger partial charge in [-0.1, -0.05) is 17.7 Å². The lowest BCUT2D eigenvalue weighted by Crippen LogP contribution is -2.35. The van der Waals surface area contributed by atoms with Crippen LogP contribution < -0.4 is 10.6 Å². The predicted octanol–water partition coefficient (Wildman–Crippen LogP) is 0.700. The lowest BCUT2D eigenvalue weighted by molar-refractivity contribution is 0.145. The van der Waals surface area contributed by atoms with Gasteiger partial charge in [0.1, 0.15) is 0 Å². The largest absolute Gasteiger partial charge is 0.428 e. The van der Waals surface area contributed by atoms with E-state index in [4.69, 9.17) is 10.4 Å². The summed E-state index contributed by atoms with van der Waals surface area (Å²) in [5.74, 6) is 0. The average Bonchev–Trinajstić information content (AvgIpc) is 2.41. The first-order valence-electron chi connectivity index (χ1n) is 6.45. The van der Waals surface area contributed by atoms with Crippen LogP contribution in [0.4, 0.5) is 5.69 Å². The van der Waals surface area contributed by atoms with Crippen LogP contribution in [0.25, 0.3) is 0 Å². The Morgan fingerprint density at radius 3 is 2.56 bits per heavy atom. The molecule has 1 heterocycles. The summed E-state index contributed by atoms with van der Waals surface area (Å²) < 4.78 is 5.01. The molecule has 0 aromatic heterocycles. The van der Waals surface area contributed by atoms with Gasteiger partial charge in [-0.2, -0.15) is 0 Å². The summed E-state index contributed by atoms with van der Waals surface area (Å²) in [7, 11) is 1.73. The maximum Gasteiger partial charge on any atom is 0.298 e. The highest BCUT2D eigenvalue weighted by molar-refractivity contribution is 6.26. The molecule has 3 N–H and O–H groups in total. The van der Waals surface area contributed by atoms with Gasteiger partial charge in [-0.15, -0.1) is 0 Å². The van der Waals surface area contributed by atoms with Crippen molar-refractivity contribution in [1.29, 1.82) is 0 Å². The number of nitrogens with two attached hydrogens (primary N) is 1. The number of aliphatic hydroxyl groups excluding tert-OH is 1. The van der Waals surface area contributed by atoms with E-state index >= 15 is 0 Å². The highest BCUT2D eigenvalue weighted by Gasteiger charge is 2.16. The van der Waals surface area contributed by atoms with Gasteiger partial charge < -0.3 is 20.4 Å². The molecular formula is C13H20BN2O2. The van der Waals surface area contributed by atoms with Gasteiger partial charge in [0.15, 0.2) is 0 Å². The highest BCUT2D eigenvalue weighted by atomic mass is 16.4. The van der Waals surface area contributed by atoms with Crippen LogP contribution in [0, 0.1) is 0 Å². The van der Waals surface area contributed by atoms with Crippen LogP contribution in [-0.4, -0.2) is 38.5 Å². The molecule has 0 aliphatic carbocycles. The Kier molecular flexibility index (Phi) is 5.05. The molecule has 0 amide bonds. The summed E-state index contributed by atoms with van der Waals surface area (Å²) in [4.78, 5) is 2.32. The third-order valence-electron chi connectivity index (χ3n) is 3.30. The number of anilines is 1. The molecule has 4 nitrogen and oxygen atoms in total. The van der Waals surface area contributed by atoms with Crippen LogP contribution in [0.2, 0.25) is 0 Å². The number of benzene rings is 1. The molecule has 1 aliphatic heterocycles. The number of rotatable bonds is 5. The minimum Gasteiger partial charge on any atom is -0.428 e. The fourth-order valence-corrected chi connectivity index (χ4v) is 2.19. The molecule has 1 radical (unpaired) electrons. The second kappa shape index (κ2) is 6.78. The number of nitrogens with zero attached hydrogens (tertiary/aromatic N) is 1. The van der Waals surface area contributed by atoms with Gasteiger partial charge in [-0.05, 0) is 31.3 Å². The number of hydrogen-bond donors (Lipinski definition) is 2. The fraction of sp³-hybridized carbons (Fsp3) is 0.538. The van der Waals surface area contributed by atoms with Crippen molar-refractivity contribution < 1.29 is 9.76 Å². The van der Waals surface area contributed by atoms with Gasteiger partial charge in [0.25, 0.3) is 7.48 Å². The van der Waals surface area contributed by atoms with Crippen molar-refractivity contribution >= 4 is 13.2 Å². The number of hydrogen-bond acceptors (Lipinski definition) is 4. The van der Waals surface area contributed by atoms with Crippen molar-refractivity contribution in [2.24, 2.45) is 5.73 Å². The molecule has 1 aromatic rings. The van der Waals surface area contributed by atoms with Crippen LogP contribution >= 0.6 is 0 Å². The molecule has 0 bridgehead atoms. The van der Waals surface area contributed by atoms with Gasteiger partial charge in [0.2, 0.25) is 0 Å². The third kappa shape index (κ3) is 3.73. The summed E-state index contributed by atoms with van der Waals surface area (Å²) in [5.41, 5.74) is 7.68. The van der Waals surface area contributed by atoms with E-state index in [1.165, 1.54) is 11.3 Å². The van der Waals surface area contributed by atoms with Crippen LogP contribution in [0.5, 0.6) is 0 Å². The van der Waals surface area contributed by atoms with E-state index < -0.39 is 0 Å². The van der Waals surface area contributed by atoms with Gasteiger partial charge in [0, 0.05) is 18.8 Å². The zero-order chi connectivity index (χ0) is 12.8. The molecule has 97 valence electrons. The van der Waals surface area contributed by atoms with E-state index in [1.807, 2.05) is 0 Å². The Balaban J connectivity index is 1.87. The van der Waals surface area contributed by atoms with E-state index in [0.29, 0.717) is 0 Å². The van der Waals surface area contributed by atoms with E-state index in [-0.39, 0.29) is 12.8 Å². The van der Waals surface area contributed by atoms with Crippen molar-refractivity contribution in [2.75, 3.05) is 24.7 Å². The standard InChI is InChI=1S/C13H20BN2O2/c15-10-18-14-9-11-1-3-12(4-2-11)16-7-5-13(17)6-8-16/h1-4,13,17H,5-10,15H2. The summed E-state index contributed by atoms with van der Waals surface area (Å²) in [5, 5.41) is 9.48. The molecule has 18 heavy (non-hydrogen) atoms. The minimum absolute atomic E-state index is 0.122. The molecule has 1 aromatic carbocycles. The van der Waals surface area contributed by atoms with Crippen LogP contribution in [0.1, 0.15) is 18.4 Å². The van der Waals surface area contributed by atoms with Crippen molar-refractivity contribution in [3.8, 4) is 0 Å². The normalized spacial score (nSPS) is 16.9. The molecule has 0 spiro atoms. The predicted molar refractivity (Wildman–Crippen MR) is 73.5 cm³/mol. The molecule has 5 heteroatoms. The van der Waals surface area contributed by atoms with E-state index in [9.17, 15) is 5.11 Å². The number of piperidine rings is 1. The Morgan fingerprint density at radius 2 is 1.94 bits per heavy atom. The Morgan fingerprint density at radius 1 is 1.28 bits per heavy atom. The van der Waals surface area contributed by atoms with E-state index in [0.717, 1.165) is 32.3 Å². The molecule has 1 fully saturated rings. The van der Waals surface area contributed by atoms with Crippen molar-refractivity contribution in [3.63, 3.8) is 0 Å². The second-order valence-corrected chi connectivity index (χ2v) is 4.59. The Hall–Kier alpha value is -1.04. The first kappa shape index (κ1) is 13.4. The molecule has 2 rings (SSSR count). The van der Waals surface area contributed by atoms with Gasteiger partial charge in [-0.25, -0.2) is 0 Å². The van der Waals surface area contributed by atoms with Crippen LogP contribution in [0.15, 0.2) is 24.3 Å². The molecule has 1 aliphatic rings. The molecule has 1 saturated heterocycles. The number of aliphatic hydroxyl groups is 1. The monoisotopic (exact) mass is 247 g/mol. The van der Waals surface area contributed by atoms with Gasteiger partial charge >= 0.3 is 0 Å². The minimum atomic E-state index is -0.122. The zero-order valence-electron chi connectivity index (χ0n) is 10.6. The molecule has 0 saturated carbocycles. The van der Waals surface area contributed by atoms with Gasteiger partial charge in [-0.3, -0.25) is 0 Å². The highest BCUT2D eigenvalue weighted by Crippen LogP contribution is 2.20. The van der Waals surface area contributed by atoms with E-state index in [2.05, 4.69) is 29.2 Å². The summed E-state index contributed by atoms with van der Waals surface area (Å²) in [6, 6.07) is 8.47. The first-order chi connectivity index (χ1) is 8.79. The maximum absolute atomic E-state index is 9.48. The first-order valence-corrected chi connectivity index (χ1v) is 6.45. The summed E-state index contributed by atoms with van der Waals surface area (Å²) in [6.45, 7) is 2.10. The molecular weight excluding hydrogens is 227 g/mol. The van der Waals surface area contributed by atoms with E-state index in [1.54, 1.807) is 7.48 Å². The SMILES string of the molecule is NCO[B]Cc1ccc(N2CCC(O)CC2)cc1. The summed E-state index contributed by atoms with van der Waals surface area (Å²) >= 11 is 0. The zero-order valence-corrected chi connectivity index (χ0v) is 10.6. The topological polar surface area (TPSA) is 58.7 Å². The lowest BCUT2D eigenvalue weighted by atomic mass is 9.89. The second-order valence-electron chi connectivity index (χ2n) is 4.59. The Bertz CT molecular complexity index is 351. The fourth-order valence-electron chi connectivity index (χ4n) is 2.19. The summed E-state index contributed by atoms with van der Waals surface area (Å²) in [6.07, 6.45) is 2.37. The van der Waals surface area contributed by atoms with Crippen LogP contribution in [0.3, 0.4) is 0 Å².